The second kappa shape index (κ2) is 4.72. The van der Waals surface area contributed by atoms with Crippen molar-refractivity contribution in [3.8, 4) is 0 Å². The average molecular weight is 258 g/mol. The van der Waals surface area contributed by atoms with Gasteiger partial charge in [0.2, 0.25) is 0 Å². The van der Waals surface area contributed by atoms with Gasteiger partial charge in [-0.3, -0.25) is 9.63 Å². The average Bonchev–Trinajstić information content (AvgIpc) is 2.25. The summed E-state index contributed by atoms with van der Waals surface area (Å²) in [6.07, 6.45) is 1.05. The first-order chi connectivity index (χ1) is 7.75. The van der Waals surface area contributed by atoms with Crippen LogP contribution in [0.25, 0.3) is 0 Å². The monoisotopic (exact) mass is 258 g/mol. The molecule has 1 rings (SSSR count). The molecule has 7 heteroatoms. The minimum Gasteiger partial charge on any atom is -0.399 e. The number of hydrogen-bond acceptors (Lipinski definition) is 5. The first-order valence-corrected chi connectivity index (χ1v) is 6.57. The van der Waals surface area contributed by atoms with Crippen LogP contribution in [0.1, 0.15) is 10.4 Å². The molecule has 1 aromatic rings. The summed E-state index contributed by atoms with van der Waals surface area (Å²) in [5.74, 6) is -0.468. The van der Waals surface area contributed by atoms with E-state index in [0.29, 0.717) is 0 Å². The molecule has 1 aromatic carbocycles. The van der Waals surface area contributed by atoms with Crippen molar-refractivity contribution in [1.82, 2.24) is 5.06 Å². The van der Waals surface area contributed by atoms with Gasteiger partial charge in [-0.05, 0) is 18.2 Å². The number of carbonyl (C=O) groups excluding carboxylic acids is 1. The summed E-state index contributed by atoms with van der Waals surface area (Å²) in [5, 5.41) is 0.987. The van der Waals surface area contributed by atoms with Crippen LogP contribution in [0.15, 0.2) is 23.1 Å². The SMILES string of the molecule is CON(C)C(=O)c1cc(N)cc(S(C)(=O)=O)c1. The minimum atomic E-state index is -3.41. The second-order valence-electron chi connectivity index (χ2n) is 3.55. The van der Waals surface area contributed by atoms with E-state index in [0.717, 1.165) is 11.3 Å². The van der Waals surface area contributed by atoms with E-state index in [4.69, 9.17) is 10.6 Å². The summed E-state index contributed by atoms with van der Waals surface area (Å²) in [6, 6.07) is 3.97. The van der Waals surface area contributed by atoms with E-state index in [9.17, 15) is 13.2 Å². The van der Waals surface area contributed by atoms with Crippen molar-refractivity contribution in [1.29, 1.82) is 0 Å². The molecule has 0 unspecified atom stereocenters. The van der Waals surface area contributed by atoms with Crippen LogP contribution in [0.3, 0.4) is 0 Å². The third-order valence-electron chi connectivity index (χ3n) is 2.16. The third-order valence-corrected chi connectivity index (χ3v) is 3.26. The fourth-order valence-electron chi connectivity index (χ4n) is 1.22. The Balaban J connectivity index is 3.28. The Kier molecular flexibility index (Phi) is 3.74. The van der Waals surface area contributed by atoms with Crippen molar-refractivity contribution in [3.05, 3.63) is 23.8 Å². The predicted molar refractivity (Wildman–Crippen MR) is 63.1 cm³/mol. The number of nitrogens with zero attached hydrogens (tertiary/aromatic N) is 1. The van der Waals surface area contributed by atoms with E-state index in [1.54, 1.807) is 0 Å². The molecule has 2 N–H and O–H groups in total. The van der Waals surface area contributed by atoms with Gasteiger partial charge in [0, 0.05) is 24.6 Å². The molecule has 0 spiro atoms. The molecule has 0 aliphatic heterocycles. The zero-order chi connectivity index (χ0) is 13.2. The van der Waals surface area contributed by atoms with Crippen molar-refractivity contribution in [2.24, 2.45) is 0 Å². The summed E-state index contributed by atoms with van der Waals surface area (Å²) >= 11 is 0. The highest BCUT2D eigenvalue weighted by Crippen LogP contribution is 2.17. The third kappa shape index (κ3) is 3.18. The normalized spacial score (nSPS) is 11.2. The molecule has 1 amide bonds. The lowest BCUT2D eigenvalue weighted by molar-refractivity contribution is -0.0757. The van der Waals surface area contributed by atoms with Crippen molar-refractivity contribution in [3.63, 3.8) is 0 Å². The van der Waals surface area contributed by atoms with Crippen LogP contribution in [-0.4, -0.2) is 39.8 Å². The molecule has 0 aliphatic rings. The Morgan fingerprint density at radius 2 is 1.94 bits per heavy atom. The summed E-state index contributed by atoms with van der Waals surface area (Å²) in [6.45, 7) is 0. The number of hydrogen-bond donors (Lipinski definition) is 1. The van der Waals surface area contributed by atoms with Gasteiger partial charge in [0.25, 0.3) is 5.91 Å². The van der Waals surface area contributed by atoms with Gasteiger partial charge in [0.15, 0.2) is 9.84 Å². The molecular formula is C10H14N2O4S. The summed E-state index contributed by atoms with van der Waals surface area (Å²) in [7, 11) is -0.648. The first kappa shape index (κ1) is 13.5. The van der Waals surface area contributed by atoms with Crippen LogP contribution in [0.4, 0.5) is 5.69 Å². The maximum absolute atomic E-state index is 11.8. The molecule has 0 aromatic heterocycles. The van der Waals surface area contributed by atoms with Crippen molar-refractivity contribution in [2.75, 3.05) is 26.1 Å². The summed E-state index contributed by atoms with van der Waals surface area (Å²) in [5.41, 5.74) is 5.93. The van der Waals surface area contributed by atoms with Crippen LogP contribution >= 0.6 is 0 Å². The number of nitrogens with two attached hydrogens (primary N) is 1. The lowest BCUT2D eigenvalue weighted by Gasteiger charge is -2.14. The number of rotatable bonds is 3. The zero-order valence-corrected chi connectivity index (χ0v) is 10.6. The fraction of sp³-hybridized carbons (Fsp3) is 0.300. The van der Waals surface area contributed by atoms with Gasteiger partial charge < -0.3 is 5.73 Å². The largest absolute Gasteiger partial charge is 0.399 e. The Bertz CT molecular complexity index is 539. The molecule has 94 valence electrons. The Hall–Kier alpha value is -1.60. The Labute approximate surface area is 99.8 Å². The molecular weight excluding hydrogens is 244 g/mol. The van der Waals surface area contributed by atoms with E-state index in [1.165, 1.54) is 32.4 Å². The van der Waals surface area contributed by atoms with Crippen molar-refractivity contribution < 1.29 is 18.0 Å². The highest BCUT2D eigenvalue weighted by molar-refractivity contribution is 7.90. The van der Waals surface area contributed by atoms with E-state index in [-0.39, 0.29) is 16.1 Å². The van der Waals surface area contributed by atoms with Crippen molar-refractivity contribution in [2.45, 2.75) is 4.90 Å². The lowest BCUT2D eigenvalue weighted by atomic mass is 10.2. The highest BCUT2D eigenvalue weighted by atomic mass is 32.2. The molecule has 0 saturated carbocycles. The molecule has 0 heterocycles. The van der Waals surface area contributed by atoms with Crippen LogP contribution in [-0.2, 0) is 14.7 Å². The van der Waals surface area contributed by atoms with Gasteiger partial charge in [0.1, 0.15) is 0 Å². The van der Waals surface area contributed by atoms with Gasteiger partial charge in [0.05, 0.1) is 12.0 Å². The molecule has 0 radical (unpaired) electrons. The van der Waals surface area contributed by atoms with Gasteiger partial charge in [-0.15, -0.1) is 0 Å². The number of anilines is 1. The lowest BCUT2D eigenvalue weighted by Crippen LogP contribution is -2.25. The Morgan fingerprint density at radius 1 is 1.35 bits per heavy atom. The molecule has 0 fully saturated rings. The number of nitrogen functional groups attached to an aromatic ring is 1. The number of benzene rings is 1. The molecule has 0 atom stereocenters. The second-order valence-corrected chi connectivity index (χ2v) is 5.56. The van der Waals surface area contributed by atoms with E-state index in [1.807, 2.05) is 0 Å². The number of carbonyl (C=O) groups is 1. The number of sulfone groups is 1. The van der Waals surface area contributed by atoms with Crippen LogP contribution in [0, 0.1) is 0 Å². The van der Waals surface area contributed by atoms with Crippen LogP contribution in [0.5, 0.6) is 0 Å². The smallest absolute Gasteiger partial charge is 0.277 e. The Morgan fingerprint density at radius 3 is 2.41 bits per heavy atom. The van der Waals surface area contributed by atoms with E-state index >= 15 is 0 Å². The number of hydroxylamine groups is 2. The van der Waals surface area contributed by atoms with Gasteiger partial charge in [-0.25, -0.2) is 13.5 Å². The molecule has 6 nitrogen and oxygen atoms in total. The number of amides is 1. The van der Waals surface area contributed by atoms with Gasteiger partial charge in [-0.2, -0.15) is 0 Å². The predicted octanol–water partition coefficient (Wildman–Crippen LogP) is 0.306. The standard InChI is InChI=1S/C10H14N2O4S/c1-12(16-2)10(13)7-4-8(11)6-9(5-7)17(3,14)15/h4-6H,11H2,1-3H3. The van der Waals surface area contributed by atoms with E-state index < -0.39 is 15.7 Å². The topological polar surface area (TPSA) is 89.7 Å². The highest BCUT2D eigenvalue weighted by Gasteiger charge is 2.16. The minimum absolute atomic E-state index is 0.00496. The molecule has 0 aliphatic carbocycles. The molecule has 0 saturated heterocycles. The zero-order valence-electron chi connectivity index (χ0n) is 9.80. The van der Waals surface area contributed by atoms with Gasteiger partial charge in [-0.1, -0.05) is 0 Å². The molecule has 0 bridgehead atoms. The summed E-state index contributed by atoms with van der Waals surface area (Å²) < 4.78 is 22.8. The first-order valence-electron chi connectivity index (χ1n) is 4.68. The summed E-state index contributed by atoms with van der Waals surface area (Å²) in [4.78, 5) is 16.5. The molecule has 17 heavy (non-hydrogen) atoms. The van der Waals surface area contributed by atoms with Crippen LogP contribution in [0.2, 0.25) is 0 Å². The quantitative estimate of drug-likeness (QED) is 0.622. The van der Waals surface area contributed by atoms with E-state index in [2.05, 4.69) is 0 Å². The maximum atomic E-state index is 11.8. The van der Waals surface area contributed by atoms with Crippen LogP contribution < -0.4 is 5.73 Å². The van der Waals surface area contributed by atoms with Gasteiger partial charge >= 0.3 is 0 Å². The maximum Gasteiger partial charge on any atom is 0.277 e. The van der Waals surface area contributed by atoms with Crippen molar-refractivity contribution >= 4 is 21.4 Å². The fourth-order valence-corrected chi connectivity index (χ4v) is 1.92.